The molecule has 0 aromatic carbocycles. The molecule has 1 aromatic heterocycles. The van der Waals surface area contributed by atoms with Crippen molar-refractivity contribution in [1.82, 2.24) is 15.5 Å². The van der Waals surface area contributed by atoms with Crippen molar-refractivity contribution in [2.45, 2.75) is 64.8 Å². The van der Waals surface area contributed by atoms with Crippen LogP contribution in [0.1, 0.15) is 64.1 Å². The highest BCUT2D eigenvalue weighted by molar-refractivity contribution is 5.02. The van der Waals surface area contributed by atoms with Gasteiger partial charge in [-0.15, -0.1) is 0 Å². The van der Waals surface area contributed by atoms with Gasteiger partial charge in [0.25, 0.3) is 0 Å². The summed E-state index contributed by atoms with van der Waals surface area (Å²) < 4.78 is 5.48. The van der Waals surface area contributed by atoms with E-state index < -0.39 is 0 Å². The molecule has 0 aliphatic heterocycles. The van der Waals surface area contributed by atoms with Gasteiger partial charge in [-0.05, 0) is 25.3 Å². The van der Waals surface area contributed by atoms with Gasteiger partial charge in [0.05, 0.1) is 5.92 Å². The second-order valence-electron chi connectivity index (χ2n) is 6.57. The van der Waals surface area contributed by atoms with E-state index in [0.29, 0.717) is 12.0 Å². The van der Waals surface area contributed by atoms with Gasteiger partial charge in [-0.1, -0.05) is 38.8 Å². The maximum absolute atomic E-state index is 5.48. The first kappa shape index (κ1) is 13.5. The topological polar surface area (TPSA) is 51.0 Å². The van der Waals surface area contributed by atoms with E-state index in [1.165, 1.54) is 19.3 Å². The molecule has 1 heterocycles. The van der Waals surface area contributed by atoms with E-state index in [0.717, 1.165) is 24.6 Å². The van der Waals surface area contributed by atoms with Crippen LogP contribution in [-0.2, 0) is 6.42 Å². The van der Waals surface area contributed by atoms with Crippen molar-refractivity contribution in [2.75, 3.05) is 7.05 Å². The van der Waals surface area contributed by atoms with Crippen LogP contribution in [0.3, 0.4) is 0 Å². The lowest BCUT2D eigenvalue weighted by molar-refractivity contribution is 0.268. The largest absolute Gasteiger partial charge is 0.339 e. The Bertz CT molecular complexity index is 381. The fourth-order valence-electron chi connectivity index (χ4n) is 2.74. The normalized spacial score (nSPS) is 25.3. The van der Waals surface area contributed by atoms with Gasteiger partial charge in [0, 0.05) is 12.5 Å². The molecule has 4 heteroatoms. The predicted octanol–water partition coefficient (Wildman–Crippen LogP) is 2.90. The third-order valence-corrected chi connectivity index (χ3v) is 3.63. The third-order valence-electron chi connectivity index (χ3n) is 3.63. The molecule has 0 bridgehead atoms. The van der Waals surface area contributed by atoms with E-state index >= 15 is 0 Å². The van der Waals surface area contributed by atoms with Crippen LogP contribution >= 0.6 is 0 Å². The Kier molecular flexibility index (Phi) is 4.05. The van der Waals surface area contributed by atoms with Crippen LogP contribution in [0.5, 0.6) is 0 Å². The zero-order valence-corrected chi connectivity index (χ0v) is 12.0. The molecule has 1 saturated carbocycles. The number of rotatable bonds is 3. The van der Waals surface area contributed by atoms with Crippen molar-refractivity contribution in [2.24, 2.45) is 5.41 Å². The monoisotopic (exact) mass is 251 g/mol. The molecule has 1 aromatic rings. The second kappa shape index (κ2) is 5.39. The van der Waals surface area contributed by atoms with Gasteiger partial charge in [0.1, 0.15) is 0 Å². The zero-order valence-electron chi connectivity index (χ0n) is 12.0. The Hall–Kier alpha value is -0.900. The summed E-state index contributed by atoms with van der Waals surface area (Å²) in [5, 5.41) is 7.51. The van der Waals surface area contributed by atoms with E-state index in [2.05, 4.69) is 36.2 Å². The number of likely N-dealkylation sites (N-methyl/N-ethyl adjacent to an activating group) is 1. The van der Waals surface area contributed by atoms with Gasteiger partial charge < -0.3 is 9.84 Å². The number of hydrogen-bond acceptors (Lipinski definition) is 4. The number of nitrogens with one attached hydrogen (secondary N) is 1. The van der Waals surface area contributed by atoms with Gasteiger partial charge in [-0.2, -0.15) is 4.98 Å². The highest BCUT2D eigenvalue weighted by atomic mass is 16.5. The first-order chi connectivity index (χ1) is 8.49. The molecule has 2 rings (SSSR count). The molecule has 4 nitrogen and oxygen atoms in total. The minimum atomic E-state index is 0.204. The molecule has 1 N–H and O–H groups in total. The fraction of sp³-hybridized carbons (Fsp3) is 0.857. The average molecular weight is 251 g/mol. The Morgan fingerprint density at radius 1 is 1.28 bits per heavy atom. The Morgan fingerprint density at radius 2 is 2.00 bits per heavy atom. The van der Waals surface area contributed by atoms with Crippen LogP contribution < -0.4 is 5.32 Å². The predicted molar refractivity (Wildman–Crippen MR) is 71.5 cm³/mol. The van der Waals surface area contributed by atoms with Gasteiger partial charge in [0.15, 0.2) is 5.82 Å². The lowest BCUT2D eigenvalue weighted by atomic mass is 9.84. The second-order valence-corrected chi connectivity index (χ2v) is 6.57. The molecule has 1 aliphatic rings. The van der Waals surface area contributed by atoms with Crippen LogP contribution in [0, 0.1) is 5.41 Å². The van der Waals surface area contributed by atoms with Gasteiger partial charge in [0.2, 0.25) is 5.89 Å². The maximum atomic E-state index is 5.48. The zero-order chi connectivity index (χ0) is 13.2. The van der Waals surface area contributed by atoms with Crippen molar-refractivity contribution >= 4 is 0 Å². The lowest BCUT2D eigenvalue weighted by Crippen LogP contribution is -2.34. The molecule has 0 radical (unpaired) electrons. The Morgan fingerprint density at radius 3 is 2.67 bits per heavy atom. The smallest absolute Gasteiger partial charge is 0.231 e. The summed E-state index contributed by atoms with van der Waals surface area (Å²) >= 11 is 0. The summed E-state index contributed by atoms with van der Waals surface area (Å²) in [4.78, 5) is 4.60. The summed E-state index contributed by atoms with van der Waals surface area (Å²) in [7, 11) is 2.02. The molecule has 1 aliphatic carbocycles. The molecule has 0 saturated heterocycles. The van der Waals surface area contributed by atoms with E-state index in [1.807, 2.05) is 7.05 Å². The van der Waals surface area contributed by atoms with Crippen molar-refractivity contribution in [3.05, 3.63) is 11.7 Å². The molecule has 102 valence electrons. The summed E-state index contributed by atoms with van der Waals surface area (Å²) in [5.74, 6) is 2.07. The van der Waals surface area contributed by atoms with Crippen LogP contribution in [0.25, 0.3) is 0 Å². The van der Waals surface area contributed by atoms with Crippen molar-refractivity contribution in [3.63, 3.8) is 0 Å². The molecule has 0 spiro atoms. The first-order valence-corrected chi connectivity index (χ1v) is 6.99. The quantitative estimate of drug-likeness (QED) is 0.897. The van der Waals surface area contributed by atoms with Crippen molar-refractivity contribution in [1.29, 1.82) is 0 Å². The van der Waals surface area contributed by atoms with Crippen LogP contribution in [0.4, 0.5) is 0 Å². The minimum absolute atomic E-state index is 0.204. The molecule has 2 unspecified atom stereocenters. The Balaban J connectivity index is 2.08. The molecule has 18 heavy (non-hydrogen) atoms. The Labute approximate surface area is 110 Å². The van der Waals surface area contributed by atoms with Crippen molar-refractivity contribution in [3.8, 4) is 0 Å². The minimum Gasteiger partial charge on any atom is -0.339 e. The number of aromatic nitrogens is 2. The van der Waals surface area contributed by atoms with Gasteiger partial charge in [-0.3, -0.25) is 0 Å². The highest BCUT2D eigenvalue weighted by Gasteiger charge is 2.30. The van der Waals surface area contributed by atoms with Gasteiger partial charge >= 0.3 is 0 Å². The molecule has 0 amide bonds. The summed E-state index contributed by atoms with van der Waals surface area (Å²) in [6.07, 6.45) is 5.79. The average Bonchev–Trinajstić information content (AvgIpc) is 2.75. The van der Waals surface area contributed by atoms with E-state index in [4.69, 9.17) is 4.52 Å². The van der Waals surface area contributed by atoms with E-state index in [1.54, 1.807) is 0 Å². The van der Waals surface area contributed by atoms with Crippen LogP contribution in [0.15, 0.2) is 4.52 Å². The van der Waals surface area contributed by atoms with Crippen molar-refractivity contribution < 1.29 is 4.52 Å². The maximum Gasteiger partial charge on any atom is 0.231 e. The fourth-order valence-corrected chi connectivity index (χ4v) is 2.74. The first-order valence-electron chi connectivity index (χ1n) is 6.99. The third kappa shape index (κ3) is 3.31. The molecule has 2 atom stereocenters. The molecular formula is C14H25N3O. The summed E-state index contributed by atoms with van der Waals surface area (Å²) in [6, 6.07) is 0.488. The highest BCUT2D eigenvalue weighted by Crippen LogP contribution is 2.32. The number of hydrogen-bond donors (Lipinski definition) is 1. The number of nitrogens with zero attached hydrogens (tertiary/aromatic N) is 2. The summed E-state index contributed by atoms with van der Waals surface area (Å²) in [6.45, 7) is 6.58. The van der Waals surface area contributed by atoms with Crippen LogP contribution in [-0.4, -0.2) is 23.2 Å². The lowest BCUT2D eigenvalue weighted by Gasteiger charge is -2.28. The molecule has 1 fully saturated rings. The van der Waals surface area contributed by atoms with Gasteiger partial charge in [-0.25, -0.2) is 0 Å². The molecular weight excluding hydrogens is 226 g/mol. The summed E-state index contributed by atoms with van der Waals surface area (Å²) in [5.41, 5.74) is 0.204. The standard InChI is InChI=1S/C14H25N3O/c1-14(2,3)9-12-16-13(18-17-12)10-7-5-6-8-11(10)15-4/h10-11,15H,5-9H2,1-4H3. The van der Waals surface area contributed by atoms with E-state index in [9.17, 15) is 0 Å². The van der Waals surface area contributed by atoms with Crippen LogP contribution in [0.2, 0.25) is 0 Å². The SMILES string of the molecule is CNC1CCCCC1c1nc(CC(C)(C)C)no1. The van der Waals surface area contributed by atoms with E-state index in [-0.39, 0.29) is 5.41 Å².